The molecule has 2 saturated carbocycles. The van der Waals surface area contributed by atoms with Crippen molar-refractivity contribution in [3.63, 3.8) is 0 Å². The van der Waals surface area contributed by atoms with Gasteiger partial charge >= 0.3 is 0 Å². The van der Waals surface area contributed by atoms with E-state index in [0.717, 1.165) is 37.7 Å². The Balaban J connectivity index is 1.39. The first kappa shape index (κ1) is 15.4. The van der Waals surface area contributed by atoms with E-state index in [4.69, 9.17) is 4.42 Å². The maximum Gasteiger partial charge on any atom is 0.289 e. The highest BCUT2D eigenvalue weighted by atomic mass is 19.1. The van der Waals surface area contributed by atoms with Crippen molar-refractivity contribution in [2.75, 3.05) is 0 Å². The molecule has 1 aromatic heterocycles. The molecular weight excluding hydrogens is 307 g/mol. The molecule has 2 atom stereocenters. The van der Waals surface area contributed by atoms with E-state index in [2.05, 4.69) is 10.3 Å². The lowest BCUT2D eigenvalue weighted by Gasteiger charge is -2.13. The molecule has 2 aliphatic carbocycles. The number of nitrogens with zero attached hydrogens (tertiary/aromatic N) is 1. The van der Waals surface area contributed by atoms with E-state index in [-0.39, 0.29) is 17.8 Å². The third-order valence-electron chi connectivity index (χ3n) is 5.06. The predicted octanol–water partition coefficient (Wildman–Crippen LogP) is 4.07. The van der Waals surface area contributed by atoms with Gasteiger partial charge in [0.15, 0.2) is 5.89 Å². The Bertz CT molecular complexity index is 749. The van der Waals surface area contributed by atoms with Gasteiger partial charge in [-0.3, -0.25) is 4.79 Å². The number of nitrogens with one attached hydrogen (secondary N) is 1. The van der Waals surface area contributed by atoms with Gasteiger partial charge in [0, 0.05) is 12.0 Å². The standard InChI is InChI=1S/C19H21FN2O2/c1-11-17(24-19(21-11)13-2-3-13)18(23)22-16-9-6-14(10-16)12-4-7-15(20)8-5-12/h4-5,7-8,13-14,16H,2-3,6,9-10H2,1H3,(H,22,23)/t14-,16-/m0/s1. The summed E-state index contributed by atoms with van der Waals surface area (Å²) >= 11 is 0. The van der Waals surface area contributed by atoms with Gasteiger partial charge in [0.05, 0.1) is 5.69 Å². The van der Waals surface area contributed by atoms with E-state index in [1.807, 2.05) is 19.1 Å². The van der Waals surface area contributed by atoms with Crippen LogP contribution in [0.3, 0.4) is 0 Å². The van der Waals surface area contributed by atoms with Crippen LogP contribution >= 0.6 is 0 Å². The van der Waals surface area contributed by atoms with Crippen LogP contribution in [0.4, 0.5) is 4.39 Å². The van der Waals surface area contributed by atoms with E-state index in [1.165, 1.54) is 12.1 Å². The van der Waals surface area contributed by atoms with Crippen LogP contribution in [0.25, 0.3) is 0 Å². The van der Waals surface area contributed by atoms with Gasteiger partial charge in [0.25, 0.3) is 5.91 Å². The van der Waals surface area contributed by atoms with Crippen LogP contribution in [0.15, 0.2) is 28.7 Å². The van der Waals surface area contributed by atoms with Gasteiger partial charge in [-0.1, -0.05) is 12.1 Å². The minimum atomic E-state index is -0.214. The minimum Gasteiger partial charge on any atom is -0.435 e. The molecule has 126 valence electrons. The Morgan fingerprint density at radius 3 is 2.58 bits per heavy atom. The highest BCUT2D eigenvalue weighted by Crippen LogP contribution is 2.40. The highest BCUT2D eigenvalue weighted by Gasteiger charge is 2.32. The molecule has 1 aromatic carbocycles. The lowest BCUT2D eigenvalue weighted by molar-refractivity contribution is 0.0907. The number of oxazole rings is 1. The molecule has 2 fully saturated rings. The summed E-state index contributed by atoms with van der Waals surface area (Å²) in [6, 6.07) is 6.80. The number of rotatable bonds is 4. The van der Waals surface area contributed by atoms with Crippen molar-refractivity contribution in [1.82, 2.24) is 10.3 Å². The van der Waals surface area contributed by atoms with Gasteiger partial charge in [-0.25, -0.2) is 9.37 Å². The van der Waals surface area contributed by atoms with Gasteiger partial charge in [-0.15, -0.1) is 0 Å². The van der Waals surface area contributed by atoms with E-state index >= 15 is 0 Å². The molecule has 2 aromatic rings. The fourth-order valence-electron chi connectivity index (χ4n) is 3.53. The molecule has 1 N–H and O–H groups in total. The first-order valence-electron chi connectivity index (χ1n) is 8.64. The molecule has 0 saturated heterocycles. The number of aryl methyl sites for hydroxylation is 1. The Morgan fingerprint density at radius 1 is 1.17 bits per heavy atom. The van der Waals surface area contributed by atoms with Crippen molar-refractivity contribution in [2.45, 2.75) is 56.9 Å². The van der Waals surface area contributed by atoms with Crippen LogP contribution in [-0.4, -0.2) is 16.9 Å². The Kier molecular flexibility index (Phi) is 3.87. The minimum absolute atomic E-state index is 0.126. The zero-order valence-electron chi connectivity index (χ0n) is 13.7. The lowest BCUT2D eigenvalue weighted by atomic mass is 9.97. The SMILES string of the molecule is Cc1nc(C2CC2)oc1C(=O)N[C@H]1CC[C@H](c2ccc(F)cc2)C1. The van der Waals surface area contributed by atoms with Crippen LogP contribution < -0.4 is 5.32 Å². The smallest absolute Gasteiger partial charge is 0.289 e. The maximum absolute atomic E-state index is 13.0. The monoisotopic (exact) mass is 328 g/mol. The third kappa shape index (κ3) is 3.07. The number of benzene rings is 1. The Morgan fingerprint density at radius 2 is 1.88 bits per heavy atom. The summed E-state index contributed by atoms with van der Waals surface area (Å²) < 4.78 is 18.7. The molecule has 1 heterocycles. The summed E-state index contributed by atoms with van der Waals surface area (Å²) in [5.74, 6) is 1.44. The van der Waals surface area contributed by atoms with Crippen molar-refractivity contribution in [2.24, 2.45) is 0 Å². The largest absolute Gasteiger partial charge is 0.435 e. The zero-order chi connectivity index (χ0) is 16.7. The number of aromatic nitrogens is 1. The Labute approximate surface area is 140 Å². The predicted molar refractivity (Wildman–Crippen MR) is 87.5 cm³/mol. The van der Waals surface area contributed by atoms with Crippen LogP contribution in [0.1, 0.15) is 71.6 Å². The molecule has 0 aliphatic heterocycles. The van der Waals surface area contributed by atoms with Crippen molar-refractivity contribution < 1.29 is 13.6 Å². The summed E-state index contributed by atoms with van der Waals surface area (Å²) in [5.41, 5.74) is 1.81. The summed E-state index contributed by atoms with van der Waals surface area (Å²) in [4.78, 5) is 16.8. The van der Waals surface area contributed by atoms with Gasteiger partial charge in [0.2, 0.25) is 5.76 Å². The molecule has 4 nitrogen and oxygen atoms in total. The Hall–Kier alpha value is -2.17. The van der Waals surface area contributed by atoms with E-state index in [0.29, 0.717) is 29.2 Å². The molecule has 0 radical (unpaired) electrons. The topological polar surface area (TPSA) is 55.1 Å². The molecule has 2 aliphatic rings. The maximum atomic E-state index is 13.0. The van der Waals surface area contributed by atoms with Crippen LogP contribution in [0.5, 0.6) is 0 Å². The number of hydrogen-bond donors (Lipinski definition) is 1. The van der Waals surface area contributed by atoms with E-state index in [9.17, 15) is 9.18 Å². The summed E-state index contributed by atoms with van der Waals surface area (Å²) in [7, 11) is 0. The molecule has 0 bridgehead atoms. The average molecular weight is 328 g/mol. The number of amides is 1. The van der Waals surface area contributed by atoms with Gasteiger partial charge in [-0.2, -0.15) is 0 Å². The van der Waals surface area contributed by atoms with Gasteiger partial charge in [0.1, 0.15) is 5.82 Å². The molecule has 24 heavy (non-hydrogen) atoms. The molecule has 0 spiro atoms. The number of halogens is 1. The quantitative estimate of drug-likeness (QED) is 0.920. The van der Waals surface area contributed by atoms with Crippen molar-refractivity contribution in [3.8, 4) is 0 Å². The fraction of sp³-hybridized carbons (Fsp3) is 0.474. The van der Waals surface area contributed by atoms with Crippen molar-refractivity contribution in [3.05, 3.63) is 53.0 Å². The van der Waals surface area contributed by atoms with Crippen LogP contribution in [0.2, 0.25) is 0 Å². The van der Waals surface area contributed by atoms with Crippen molar-refractivity contribution in [1.29, 1.82) is 0 Å². The van der Waals surface area contributed by atoms with Crippen molar-refractivity contribution >= 4 is 5.91 Å². The molecule has 4 rings (SSSR count). The molecular formula is C19H21FN2O2. The second kappa shape index (κ2) is 6.04. The summed E-state index contributed by atoms with van der Waals surface area (Å²) in [5, 5.41) is 3.07. The zero-order valence-corrected chi connectivity index (χ0v) is 13.7. The van der Waals surface area contributed by atoms with Crippen LogP contribution in [-0.2, 0) is 0 Å². The fourth-order valence-corrected chi connectivity index (χ4v) is 3.53. The average Bonchev–Trinajstić information content (AvgIpc) is 3.19. The number of hydrogen-bond acceptors (Lipinski definition) is 3. The lowest BCUT2D eigenvalue weighted by Crippen LogP contribution is -2.33. The van der Waals surface area contributed by atoms with E-state index < -0.39 is 0 Å². The summed E-state index contributed by atoms with van der Waals surface area (Å²) in [6.07, 6.45) is 5.00. The normalized spacial score (nSPS) is 23.4. The number of carbonyl (C=O) groups is 1. The first-order chi connectivity index (χ1) is 11.6. The van der Waals surface area contributed by atoms with Crippen LogP contribution in [0, 0.1) is 12.7 Å². The number of carbonyl (C=O) groups excluding carboxylic acids is 1. The van der Waals surface area contributed by atoms with E-state index in [1.54, 1.807) is 0 Å². The summed E-state index contributed by atoms with van der Waals surface area (Å²) in [6.45, 7) is 1.82. The molecule has 1 amide bonds. The molecule has 5 heteroatoms. The van der Waals surface area contributed by atoms with Gasteiger partial charge in [-0.05, 0) is 62.6 Å². The highest BCUT2D eigenvalue weighted by molar-refractivity contribution is 5.92. The molecule has 0 unspecified atom stereocenters. The van der Waals surface area contributed by atoms with Gasteiger partial charge < -0.3 is 9.73 Å². The first-order valence-corrected chi connectivity index (χ1v) is 8.64. The second-order valence-corrected chi connectivity index (χ2v) is 6.97. The third-order valence-corrected chi connectivity index (χ3v) is 5.06. The second-order valence-electron chi connectivity index (χ2n) is 6.97.